The molecule has 2 heterocycles. The fourth-order valence-corrected chi connectivity index (χ4v) is 1.42. The van der Waals surface area contributed by atoms with Crippen LogP contribution in [0.4, 0.5) is 5.82 Å². The van der Waals surface area contributed by atoms with Gasteiger partial charge in [0.05, 0.1) is 19.0 Å². The first-order chi connectivity index (χ1) is 8.13. The highest BCUT2D eigenvalue weighted by Crippen LogP contribution is 2.17. The van der Waals surface area contributed by atoms with Gasteiger partial charge in [0.1, 0.15) is 12.1 Å². The van der Waals surface area contributed by atoms with Crippen LogP contribution in [-0.4, -0.2) is 27.6 Å². The number of pyridine rings is 1. The van der Waals surface area contributed by atoms with Gasteiger partial charge in [-0.1, -0.05) is 0 Å². The highest BCUT2D eigenvalue weighted by Gasteiger charge is 2.16. The van der Waals surface area contributed by atoms with Crippen LogP contribution >= 0.6 is 0 Å². The molecule has 0 aliphatic rings. The molecule has 0 saturated carbocycles. The number of aromatic nitrogens is 3. The van der Waals surface area contributed by atoms with Gasteiger partial charge in [0.2, 0.25) is 0 Å². The molecule has 0 amide bonds. The van der Waals surface area contributed by atoms with Gasteiger partial charge in [-0.15, -0.1) is 0 Å². The van der Waals surface area contributed by atoms with Crippen molar-refractivity contribution < 1.29 is 9.53 Å². The largest absolute Gasteiger partial charge is 0.464 e. The lowest BCUT2D eigenvalue weighted by Gasteiger charge is -2.04. The van der Waals surface area contributed by atoms with Crippen LogP contribution in [-0.2, 0) is 4.74 Å². The van der Waals surface area contributed by atoms with Crippen LogP contribution < -0.4 is 5.73 Å². The van der Waals surface area contributed by atoms with Crippen LogP contribution in [0, 0.1) is 6.92 Å². The molecule has 2 aromatic rings. The van der Waals surface area contributed by atoms with Crippen LogP contribution in [0.1, 0.15) is 16.2 Å². The van der Waals surface area contributed by atoms with E-state index in [0.29, 0.717) is 0 Å². The SMILES string of the molecule is COC(=O)c1ncn(-c2ccc(C)nc2)c1N. The highest BCUT2D eigenvalue weighted by atomic mass is 16.5. The van der Waals surface area contributed by atoms with E-state index in [4.69, 9.17) is 5.73 Å². The quantitative estimate of drug-likeness (QED) is 0.779. The molecule has 17 heavy (non-hydrogen) atoms. The van der Waals surface area contributed by atoms with E-state index in [-0.39, 0.29) is 11.5 Å². The maximum Gasteiger partial charge on any atom is 0.360 e. The van der Waals surface area contributed by atoms with E-state index in [0.717, 1.165) is 11.4 Å². The minimum Gasteiger partial charge on any atom is -0.464 e. The van der Waals surface area contributed by atoms with Crippen LogP contribution in [0.5, 0.6) is 0 Å². The van der Waals surface area contributed by atoms with Crippen LogP contribution in [0.15, 0.2) is 24.7 Å². The van der Waals surface area contributed by atoms with Gasteiger partial charge in [-0.3, -0.25) is 9.55 Å². The van der Waals surface area contributed by atoms with Crippen molar-refractivity contribution in [1.29, 1.82) is 0 Å². The molecule has 0 atom stereocenters. The summed E-state index contributed by atoms with van der Waals surface area (Å²) in [6.07, 6.45) is 3.13. The zero-order chi connectivity index (χ0) is 12.4. The van der Waals surface area contributed by atoms with Crippen molar-refractivity contribution in [2.45, 2.75) is 6.92 Å². The molecule has 0 saturated heterocycles. The molecular formula is C11H12N4O2. The Balaban J connectivity index is 2.44. The number of nitrogens with two attached hydrogens (primary N) is 1. The third-order valence-electron chi connectivity index (χ3n) is 2.36. The van der Waals surface area contributed by atoms with E-state index < -0.39 is 5.97 Å². The first-order valence-corrected chi connectivity index (χ1v) is 4.97. The standard InChI is InChI=1S/C11H12N4O2/c1-7-3-4-8(5-13-7)15-6-14-9(10(15)12)11(16)17-2/h3-6H,12H2,1-2H3. The van der Waals surface area contributed by atoms with Crippen molar-refractivity contribution in [3.8, 4) is 5.69 Å². The smallest absolute Gasteiger partial charge is 0.360 e. The Bertz CT molecular complexity index is 545. The molecule has 2 rings (SSSR count). The molecule has 0 aliphatic heterocycles. The zero-order valence-electron chi connectivity index (χ0n) is 9.54. The molecule has 0 bridgehead atoms. The number of rotatable bonds is 2. The lowest BCUT2D eigenvalue weighted by Crippen LogP contribution is -2.07. The number of carbonyl (C=O) groups excluding carboxylic acids is 1. The number of carbonyl (C=O) groups is 1. The summed E-state index contributed by atoms with van der Waals surface area (Å²) in [5.41, 5.74) is 7.58. The number of aryl methyl sites for hydroxylation is 1. The molecule has 88 valence electrons. The van der Waals surface area contributed by atoms with Gasteiger partial charge in [0, 0.05) is 5.69 Å². The molecule has 6 heteroatoms. The Hall–Kier alpha value is -2.37. The Labute approximate surface area is 98.1 Å². The summed E-state index contributed by atoms with van der Waals surface area (Å²) in [5.74, 6) is -0.316. The van der Waals surface area contributed by atoms with Gasteiger partial charge in [0.15, 0.2) is 5.69 Å². The first kappa shape index (κ1) is 11.1. The van der Waals surface area contributed by atoms with Gasteiger partial charge in [-0.2, -0.15) is 0 Å². The van der Waals surface area contributed by atoms with Gasteiger partial charge in [-0.05, 0) is 19.1 Å². The average molecular weight is 232 g/mol. The van der Waals surface area contributed by atoms with Gasteiger partial charge in [-0.25, -0.2) is 9.78 Å². The summed E-state index contributed by atoms with van der Waals surface area (Å²) in [6.45, 7) is 1.89. The van der Waals surface area contributed by atoms with E-state index in [1.165, 1.54) is 13.4 Å². The maximum atomic E-state index is 11.3. The Morgan fingerprint density at radius 2 is 2.18 bits per heavy atom. The molecular weight excluding hydrogens is 220 g/mol. The molecule has 0 unspecified atom stereocenters. The summed E-state index contributed by atoms with van der Waals surface area (Å²) >= 11 is 0. The Morgan fingerprint density at radius 3 is 2.76 bits per heavy atom. The second kappa shape index (κ2) is 4.25. The van der Waals surface area contributed by atoms with E-state index in [9.17, 15) is 4.79 Å². The fourth-order valence-electron chi connectivity index (χ4n) is 1.42. The molecule has 0 fully saturated rings. The van der Waals surface area contributed by atoms with E-state index in [1.807, 2.05) is 19.1 Å². The van der Waals surface area contributed by atoms with Crippen molar-refractivity contribution in [3.63, 3.8) is 0 Å². The van der Waals surface area contributed by atoms with Crippen molar-refractivity contribution in [2.75, 3.05) is 12.8 Å². The van der Waals surface area contributed by atoms with Gasteiger partial charge < -0.3 is 10.5 Å². The number of ether oxygens (including phenoxy) is 1. The van der Waals surface area contributed by atoms with Crippen molar-refractivity contribution in [3.05, 3.63) is 36.0 Å². The third kappa shape index (κ3) is 1.96. The zero-order valence-corrected chi connectivity index (χ0v) is 9.54. The van der Waals surface area contributed by atoms with Crippen LogP contribution in [0.2, 0.25) is 0 Å². The summed E-state index contributed by atoms with van der Waals surface area (Å²) in [5, 5.41) is 0. The number of nitrogens with zero attached hydrogens (tertiary/aromatic N) is 3. The third-order valence-corrected chi connectivity index (χ3v) is 2.36. The number of methoxy groups -OCH3 is 1. The number of hydrogen-bond acceptors (Lipinski definition) is 5. The number of hydrogen-bond donors (Lipinski definition) is 1. The first-order valence-electron chi connectivity index (χ1n) is 4.97. The number of imidazole rings is 1. The van der Waals surface area contributed by atoms with Crippen molar-refractivity contribution in [2.24, 2.45) is 0 Å². The normalized spacial score (nSPS) is 10.2. The van der Waals surface area contributed by atoms with Crippen LogP contribution in [0.25, 0.3) is 5.69 Å². The Morgan fingerprint density at radius 1 is 1.41 bits per heavy atom. The summed E-state index contributed by atoms with van der Waals surface area (Å²) in [7, 11) is 1.29. The molecule has 2 aromatic heterocycles. The molecule has 0 aliphatic carbocycles. The Kier molecular flexibility index (Phi) is 2.78. The van der Waals surface area contributed by atoms with Crippen molar-refractivity contribution in [1.82, 2.24) is 14.5 Å². The lowest BCUT2D eigenvalue weighted by atomic mass is 10.3. The molecule has 2 N–H and O–H groups in total. The second-order valence-electron chi connectivity index (χ2n) is 3.50. The van der Waals surface area contributed by atoms with Crippen LogP contribution in [0.3, 0.4) is 0 Å². The van der Waals surface area contributed by atoms with Gasteiger partial charge in [0.25, 0.3) is 0 Å². The van der Waals surface area contributed by atoms with E-state index in [1.54, 1.807) is 10.8 Å². The monoisotopic (exact) mass is 232 g/mol. The molecule has 0 radical (unpaired) electrons. The second-order valence-corrected chi connectivity index (χ2v) is 3.50. The molecule has 0 spiro atoms. The number of nitrogen functional groups attached to an aromatic ring is 1. The lowest BCUT2D eigenvalue weighted by molar-refractivity contribution is 0.0596. The van der Waals surface area contributed by atoms with E-state index >= 15 is 0 Å². The van der Waals surface area contributed by atoms with Crippen molar-refractivity contribution >= 4 is 11.8 Å². The minimum absolute atomic E-state index is 0.105. The minimum atomic E-state index is -0.554. The van der Waals surface area contributed by atoms with E-state index in [2.05, 4.69) is 14.7 Å². The molecule has 6 nitrogen and oxygen atoms in total. The summed E-state index contributed by atoms with van der Waals surface area (Å²) < 4.78 is 6.16. The maximum absolute atomic E-state index is 11.3. The predicted octanol–water partition coefficient (Wildman–Crippen LogP) is 0.945. The number of anilines is 1. The highest BCUT2D eigenvalue weighted by molar-refractivity contribution is 5.92. The average Bonchev–Trinajstić information content (AvgIpc) is 2.71. The topological polar surface area (TPSA) is 83.0 Å². The predicted molar refractivity (Wildman–Crippen MR) is 61.8 cm³/mol. The number of esters is 1. The van der Waals surface area contributed by atoms with Gasteiger partial charge >= 0.3 is 5.97 Å². The molecule has 0 aromatic carbocycles. The fraction of sp³-hybridized carbons (Fsp3) is 0.182. The summed E-state index contributed by atoms with van der Waals surface area (Å²) in [6, 6.07) is 3.70. The summed E-state index contributed by atoms with van der Waals surface area (Å²) in [4.78, 5) is 19.4.